The van der Waals surface area contributed by atoms with Crippen LogP contribution in [-0.4, -0.2) is 13.2 Å². The Morgan fingerprint density at radius 3 is 2.50 bits per heavy atom. The van der Waals surface area contributed by atoms with Crippen molar-refractivity contribution in [2.45, 2.75) is 25.8 Å². The minimum absolute atomic E-state index is 0.225. The fourth-order valence-electron chi connectivity index (χ4n) is 1.48. The zero-order valence-corrected chi connectivity index (χ0v) is 8.84. The predicted molar refractivity (Wildman–Crippen MR) is 57.6 cm³/mol. The van der Waals surface area contributed by atoms with E-state index in [0.29, 0.717) is 0 Å². The molecule has 0 saturated carbocycles. The number of rotatable bonds is 4. The van der Waals surface area contributed by atoms with Gasteiger partial charge in [-0.1, -0.05) is 19.1 Å². The van der Waals surface area contributed by atoms with Crippen molar-refractivity contribution in [3.05, 3.63) is 29.8 Å². The normalized spacial score (nSPS) is 24.7. The smallest absolute Gasteiger partial charge is 0.119 e. The van der Waals surface area contributed by atoms with Gasteiger partial charge in [-0.2, -0.15) is 0 Å². The minimum atomic E-state index is 0.225. The maximum atomic E-state index is 5.52. The van der Waals surface area contributed by atoms with E-state index < -0.39 is 0 Å². The molecule has 1 atom stereocenters. The summed E-state index contributed by atoms with van der Waals surface area (Å²) in [6.07, 6.45) is 1.06. The summed E-state index contributed by atoms with van der Waals surface area (Å²) in [7, 11) is 0. The second-order valence-corrected chi connectivity index (χ2v) is 4.06. The number of hydrogen-bond donors (Lipinski definition) is 1. The topological polar surface area (TPSA) is 31.2 Å². The van der Waals surface area contributed by atoms with Crippen molar-refractivity contribution in [2.75, 3.05) is 13.2 Å². The fourth-order valence-corrected chi connectivity index (χ4v) is 1.48. The van der Waals surface area contributed by atoms with Gasteiger partial charge in [0.1, 0.15) is 5.75 Å². The molecule has 0 bridgehead atoms. The van der Waals surface area contributed by atoms with E-state index in [1.807, 2.05) is 0 Å². The van der Waals surface area contributed by atoms with Gasteiger partial charge in [-0.25, -0.2) is 0 Å². The van der Waals surface area contributed by atoms with Gasteiger partial charge in [-0.3, -0.25) is 0 Å². The second-order valence-electron chi connectivity index (χ2n) is 4.06. The van der Waals surface area contributed by atoms with Gasteiger partial charge < -0.3 is 10.1 Å². The van der Waals surface area contributed by atoms with Crippen LogP contribution in [0.5, 0.6) is 5.75 Å². The first-order chi connectivity index (χ1) is 6.74. The lowest BCUT2D eigenvalue weighted by atomic mass is 10.0. The Morgan fingerprint density at radius 2 is 2.00 bits per heavy atom. The van der Waals surface area contributed by atoms with Gasteiger partial charge in [0.25, 0.3) is 0 Å². The molecule has 1 aromatic rings. The first kappa shape index (κ1) is 9.53. The van der Waals surface area contributed by atoms with Gasteiger partial charge in [0.15, 0.2) is 0 Å². The molecule has 1 fully saturated rings. The highest BCUT2D eigenvalue weighted by Gasteiger charge is 2.37. The summed E-state index contributed by atoms with van der Waals surface area (Å²) in [5.41, 5.74) is 1.57. The molecule has 1 aliphatic heterocycles. The fraction of sp³-hybridized carbons (Fsp3) is 0.500. The van der Waals surface area contributed by atoms with Crippen LogP contribution in [0.4, 0.5) is 0 Å². The first-order valence-electron chi connectivity index (χ1n) is 5.23. The van der Waals surface area contributed by atoms with Crippen LogP contribution < -0.4 is 10.1 Å². The Labute approximate surface area is 85.3 Å². The summed E-state index contributed by atoms with van der Waals surface area (Å²) in [5, 5.41) is 3.35. The molecular weight excluding hydrogens is 174 g/mol. The number of nitrogens with one attached hydrogen (secondary N) is 1. The molecule has 0 aliphatic carbocycles. The van der Waals surface area contributed by atoms with Crippen LogP contribution in [0.15, 0.2) is 24.3 Å². The van der Waals surface area contributed by atoms with Gasteiger partial charge in [-0.15, -0.1) is 0 Å². The molecule has 1 unspecified atom stereocenters. The van der Waals surface area contributed by atoms with E-state index in [9.17, 15) is 0 Å². The van der Waals surface area contributed by atoms with E-state index in [0.717, 1.165) is 25.3 Å². The van der Waals surface area contributed by atoms with Gasteiger partial charge in [-0.05, 0) is 31.0 Å². The Bertz CT molecular complexity index is 301. The molecule has 0 amide bonds. The van der Waals surface area contributed by atoms with E-state index in [1.165, 1.54) is 5.56 Å². The molecule has 2 nitrogen and oxygen atoms in total. The largest absolute Gasteiger partial charge is 0.494 e. The van der Waals surface area contributed by atoms with E-state index >= 15 is 0 Å². The van der Waals surface area contributed by atoms with Gasteiger partial charge in [0.2, 0.25) is 0 Å². The van der Waals surface area contributed by atoms with Gasteiger partial charge in [0, 0.05) is 6.54 Å². The van der Waals surface area contributed by atoms with Crippen LogP contribution in [0.1, 0.15) is 25.8 Å². The van der Waals surface area contributed by atoms with Crippen LogP contribution in [-0.2, 0) is 5.54 Å². The molecule has 1 N–H and O–H groups in total. The Morgan fingerprint density at radius 1 is 1.36 bits per heavy atom. The third-order valence-electron chi connectivity index (χ3n) is 2.67. The monoisotopic (exact) mass is 191 g/mol. The van der Waals surface area contributed by atoms with Crippen LogP contribution in [0.3, 0.4) is 0 Å². The van der Waals surface area contributed by atoms with Crippen LogP contribution in [0, 0.1) is 0 Å². The summed E-state index contributed by atoms with van der Waals surface area (Å²) < 4.78 is 5.52. The van der Waals surface area contributed by atoms with Crippen molar-refractivity contribution in [1.29, 1.82) is 0 Å². The van der Waals surface area contributed by atoms with E-state index in [1.54, 1.807) is 0 Å². The first-order valence-corrected chi connectivity index (χ1v) is 5.23. The molecule has 0 aromatic heterocycles. The number of benzene rings is 1. The van der Waals surface area contributed by atoms with Crippen molar-refractivity contribution in [3.8, 4) is 5.75 Å². The number of ether oxygens (including phenoxy) is 1. The van der Waals surface area contributed by atoms with Gasteiger partial charge in [0.05, 0.1) is 12.1 Å². The summed E-state index contributed by atoms with van der Waals surface area (Å²) in [6, 6.07) is 8.39. The van der Waals surface area contributed by atoms with Crippen molar-refractivity contribution < 1.29 is 4.74 Å². The average molecular weight is 191 g/mol. The summed E-state index contributed by atoms with van der Waals surface area (Å²) in [4.78, 5) is 0. The standard InChI is InChI=1S/C12H17NO/c1-3-8-14-11-6-4-10(5-7-11)12(2)9-13-12/h4-7,13H,3,8-9H2,1-2H3. The Kier molecular flexibility index (Phi) is 2.46. The number of hydrogen-bond acceptors (Lipinski definition) is 2. The lowest BCUT2D eigenvalue weighted by molar-refractivity contribution is 0.317. The van der Waals surface area contributed by atoms with Crippen molar-refractivity contribution in [3.63, 3.8) is 0 Å². The highest BCUT2D eigenvalue weighted by atomic mass is 16.5. The minimum Gasteiger partial charge on any atom is -0.494 e. The highest BCUT2D eigenvalue weighted by molar-refractivity contribution is 5.34. The van der Waals surface area contributed by atoms with Crippen molar-refractivity contribution in [2.24, 2.45) is 0 Å². The Balaban J connectivity index is 2.03. The molecule has 1 aliphatic rings. The third-order valence-corrected chi connectivity index (χ3v) is 2.67. The zero-order chi connectivity index (χ0) is 10.0. The molecule has 2 rings (SSSR count). The summed E-state index contributed by atoms with van der Waals surface area (Å²) in [5.74, 6) is 0.972. The van der Waals surface area contributed by atoms with Gasteiger partial charge >= 0.3 is 0 Å². The van der Waals surface area contributed by atoms with E-state index in [-0.39, 0.29) is 5.54 Å². The molecule has 1 saturated heterocycles. The SMILES string of the molecule is CCCOc1ccc(C2(C)CN2)cc1. The van der Waals surface area contributed by atoms with Crippen molar-refractivity contribution >= 4 is 0 Å². The molecule has 1 aromatic carbocycles. The summed E-state index contributed by atoms with van der Waals surface area (Å²) >= 11 is 0. The van der Waals surface area contributed by atoms with E-state index in [4.69, 9.17) is 4.74 Å². The summed E-state index contributed by atoms with van der Waals surface area (Å²) in [6.45, 7) is 6.22. The molecule has 0 spiro atoms. The average Bonchev–Trinajstić information content (AvgIpc) is 2.96. The molecule has 14 heavy (non-hydrogen) atoms. The predicted octanol–water partition coefficient (Wildman–Crippen LogP) is 2.29. The van der Waals surface area contributed by atoms with Crippen LogP contribution in [0.25, 0.3) is 0 Å². The maximum absolute atomic E-state index is 5.52. The highest BCUT2D eigenvalue weighted by Crippen LogP contribution is 2.30. The molecule has 76 valence electrons. The van der Waals surface area contributed by atoms with Crippen molar-refractivity contribution in [1.82, 2.24) is 5.32 Å². The van der Waals surface area contributed by atoms with Crippen LogP contribution in [0.2, 0.25) is 0 Å². The Hall–Kier alpha value is -1.02. The van der Waals surface area contributed by atoms with E-state index in [2.05, 4.69) is 43.4 Å². The second kappa shape index (κ2) is 3.62. The lowest BCUT2D eigenvalue weighted by Crippen LogP contribution is -2.06. The molecule has 2 heteroatoms. The lowest BCUT2D eigenvalue weighted by Gasteiger charge is -2.09. The molecule has 1 heterocycles. The van der Waals surface area contributed by atoms with Crippen LogP contribution >= 0.6 is 0 Å². The zero-order valence-electron chi connectivity index (χ0n) is 8.84. The maximum Gasteiger partial charge on any atom is 0.119 e. The quantitative estimate of drug-likeness (QED) is 0.740. The third kappa shape index (κ3) is 1.90. The molecular formula is C12H17NO. The molecule has 0 radical (unpaired) electrons.